The second-order valence-electron chi connectivity index (χ2n) is 7.28. The van der Waals surface area contributed by atoms with Gasteiger partial charge in [0.25, 0.3) is 0 Å². The highest BCUT2D eigenvalue weighted by molar-refractivity contribution is 5.77. The number of carbonyl (C=O) groups excluding carboxylic acids is 1. The SMILES string of the molecule is Cn1ccnc1C(O)(CC(=O)N1CCCN(c2ccc(C#N)cc2)CC1)C(F)(F)F. The summed E-state index contributed by atoms with van der Waals surface area (Å²) in [6.07, 6.45) is -3.17. The zero-order valence-corrected chi connectivity index (χ0v) is 16.4. The number of carbonyl (C=O) groups is 1. The van der Waals surface area contributed by atoms with E-state index in [4.69, 9.17) is 5.26 Å². The Balaban J connectivity index is 1.72. The second-order valence-corrected chi connectivity index (χ2v) is 7.28. The number of aryl methyl sites for hydroxylation is 1. The van der Waals surface area contributed by atoms with E-state index in [1.807, 2.05) is 11.0 Å². The highest BCUT2D eigenvalue weighted by atomic mass is 19.4. The Kier molecular flexibility index (Phi) is 6.03. The quantitative estimate of drug-likeness (QED) is 0.818. The van der Waals surface area contributed by atoms with Gasteiger partial charge in [0, 0.05) is 51.3 Å². The van der Waals surface area contributed by atoms with Gasteiger partial charge in [0.2, 0.25) is 11.5 Å². The van der Waals surface area contributed by atoms with Crippen LogP contribution in [0, 0.1) is 11.3 Å². The number of hydrogen-bond donors (Lipinski definition) is 1. The largest absolute Gasteiger partial charge is 0.425 e. The smallest absolute Gasteiger partial charge is 0.374 e. The highest BCUT2D eigenvalue weighted by Crippen LogP contribution is 2.41. The molecule has 1 aliphatic rings. The number of imidazole rings is 1. The summed E-state index contributed by atoms with van der Waals surface area (Å²) in [6, 6.07) is 9.04. The van der Waals surface area contributed by atoms with Gasteiger partial charge in [0.05, 0.1) is 18.1 Å². The van der Waals surface area contributed by atoms with Crippen LogP contribution < -0.4 is 4.90 Å². The number of aliphatic hydroxyl groups is 1. The molecular weight excluding hydrogens is 399 g/mol. The summed E-state index contributed by atoms with van der Waals surface area (Å²) in [5, 5.41) is 19.3. The summed E-state index contributed by atoms with van der Waals surface area (Å²) in [7, 11) is 1.34. The van der Waals surface area contributed by atoms with Gasteiger partial charge in [-0.1, -0.05) is 0 Å². The van der Waals surface area contributed by atoms with Crippen molar-refractivity contribution in [3.8, 4) is 6.07 Å². The Morgan fingerprint density at radius 2 is 1.90 bits per heavy atom. The number of benzene rings is 1. The maximum absolute atomic E-state index is 13.7. The first-order chi connectivity index (χ1) is 14.2. The standard InChI is InChI=1S/C20H22F3N5O2/c1-26-10-7-25-18(26)19(30,20(21,22)23)13-17(29)28-9-2-8-27(11-12-28)16-5-3-15(14-24)4-6-16/h3-7,10,30H,2,8-9,11-13H2,1H3. The van der Waals surface area contributed by atoms with Crippen LogP contribution in [-0.2, 0) is 17.4 Å². The summed E-state index contributed by atoms with van der Waals surface area (Å²) < 4.78 is 42.2. The Bertz CT molecular complexity index is 935. The normalized spacial score (nSPS) is 17.2. The lowest BCUT2D eigenvalue weighted by atomic mass is 9.96. The van der Waals surface area contributed by atoms with Gasteiger partial charge >= 0.3 is 6.18 Å². The van der Waals surface area contributed by atoms with Crippen LogP contribution in [0.15, 0.2) is 36.7 Å². The van der Waals surface area contributed by atoms with Crippen molar-refractivity contribution in [3.05, 3.63) is 48.0 Å². The first-order valence-corrected chi connectivity index (χ1v) is 9.45. The molecule has 0 radical (unpaired) electrons. The topological polar surface area (TPSA) is 85.4 Å². The van der Waals surface area contributed by atoms with Gasteiger partial charge in [0.1, 0.15) is 0 Å². The van der Waals surface area contributed by atoms with Crippen LogP contribution in [0.25, 0.3) is 0 Å². The van der Waals surface area contributed by atoms with Crippen molar-refractivity contribution < 1.29 is 23.1 Å². The molecule has 1 saturated heterocycles. The van der Waals surface area contributed by atoms with Crippen molar-refractivity contribution in [2.75, 3.05) is 31.1 Å². The van der Waals surface area contributed by atoms with E-state index in [9.17, 15) is 23.1 Å². The molecule has 160 valence electrons. The predicted molar refractivity (Wildman–Crippen MR) is 102 cm³/mol. The molecule has 1 atom stereocenters. The minimum atomic E-state index is -5.05. The summed E-state index contributed by atoms with van der Waals surface area (Å²) in [5.41, 5.74) is -1.95. The number of rotatable bonds is 4. The average molecular weight is 421 g/mol. The van der Waals surface area contributed by atoms with E-state index in [1.54, 1.807) is 24.3 Å². The molecule has 0 spiro atoms. The number of nitrogens with zero attached hydrogens (tertiary/aromatic N) is 5. The van der Waals surface area contributed by atoms with E-state index in [1.165, 1.54) is 18.1 Å². The van der Waals surface area contributed by atoms with Crippen molar-refractivity contribution in [2.24, 2.45) is 7.05 Å². The second kappa shape index (κ2) is 8.36. The predicted octanol–water partition coefficient (Wildman–Crippen LogP) is 2.17. The van der Waals surface area contributed by atoms with E-state index < -0.39 is 29.9 Å². The van der Waals surface area contributed by atoms with E-state index >= 15 is 0 Å². The third-order valence-corrected chi connectivity index (χ3v) is 5.28. The van der Waals surface area contributed by atoms with Gasteiger partial charge in [0.15, 0.2) is 5.82 Å². The fourth-order valence-electron chi connectivity index (χ4n) is 3.57. The molecule has 3 rings (SSSR count). The summed E-state index contributed by atoms with van der Waals surface area (Å²) in [5.74, 6) is -1.39. The van der Waals surface area contributed by atoms with Crippen LogP contribution in [0.4, 0.5) is 18.9 Å². The number of hydrogen-bond acceptors (Lipinski definition) is 5. The Labute approximate surface area is 172 Å². The molecule has 1 fully saturated rings. The molecule has 0 aliphatic carbocycles. The van der Waals surface area contributed by atoms with Gasteiger partial charge < -0.3 is 19.5 Å². The first-order valence-electron chi connectivity index (χ1n) is 9.45. The van der Waals surface area contributed by atoms with Crippen LogP contribution in [0.3, 0.4) is 0 Å². The van der Waals surface area contributed by atoms with Crippen LogP contribution in [0.1, 0.15) is 24.2 Å². The van der Waals surface area contributed by atoms with E-state index in [0.29, 0.717) is 31.6 Å². The molecule has 10 heteroatoms. The zero-order valence-electron chi connectivity index (χ0n) is 16.4. The fourth-order valence-corrected chi connectivity index (χ4v) is 3.57. The Morgan fingerprint density at radius 1 is 1.20 bits per heavy atom. The molecule has 1 aromatic carbocycles. The summed E-state index contributed by atoms with van der Waals surface area (Å²) in [4.78, 5) is 19.7. The van der Waals surface area contributed by atoms with Crippen LogP contribution >= 0.6 is 0 Å². The molecule has 0 saturated carbocycles. The van der Waals surface area contributed by atoms with Gasteiger partial charge in [-0.15, -0.1) is 0 Å². The highest BCUT2D eigenvalue weighted by Gasteiger charge is 2.59. The zero-order chi connectivity index (χ0) is 21.9. The van der Waals surface area contributed by atoms with Gasteiger partial charge in [-0.3, -0.25) is 4.79 Å². The maximum atomic E-state index is 13.7. The fraction of sp³-hybridized carbons (Fsp3) is 0.450. The molecule has 1 unspecified atom stereocenters. The molecule has 2 heterocycles. The molecule has 0 bridgehead atoms. The van der Waals surface area contributed by atoms with Crippen molar-refractivity contribution in [3.63, 3.8) is 0 Å². The molecule has 1 N–H and O–H groups in total. The van der Waals surface area contributed by atoms with Crippen molar-refractivity contribution >= 4 is 11.6 Å². The number of halogens is 3. The van der Waals surface area contributed by atoms with Crippen molar-refractivity contribution in [1.29, 1.82) is 5.26 Å². The minimum absolute atomic E-state index is 0.230. The number of nitriles is 1. The molecule has 1 aliphatic heterocycles. The van der Waals surface area contributed by atoms with Crippen LogP contribution in [0.5, 0.6) is 0 Å². The van der Waals surface area contributed by atoms with E-state index in [0.717, 1.165) is 16.5 Å². The third kappa shape index (κ3) is 4.26. The number of alkyl halides is 3. The number of amides is 1. The first kappa shape index (κ1) is 21.6. The van der Waals surface area contributed by atoms with Crippen molar-refractivity contribution in [1.82, 2.24) is 14.5 Å². The monoisotopic (exact) mass is 421 g/mol. The van der Waals surface area contributed by atoms with Gasteiger partial charge in [-0.2, -0.15) is 18.4 Å². The molecule has 1 aromatic heterocycles. The lowest BCUT2D eigenvalue weighted by Gasteiger charge is -2.31. The maximum Gasteiger partial charge on any atom is 0.425 e. The van der Waals surface area contributed by atoms with Crippen LogP contribution in [0.2, 0.25) is 0 Å². The van der Waals surface area contributed by atoms with Gasteiger partial charge in [-0.25, -0.2) is 4.98 Å². The summed E-state index contributed by atoms with van der Waals surface area (Å²) in [6.45, 7) is 1.58. The van der Waals surface area contributed by atoms with Crippen LogP contribution in [-0.4, -0.2) is 57.8 Å². The number of aromatic nitrogens is 2. The third-order valence-electron chi connectivity index (χ3n) is 5.28. The molecular formula is C20H22F3N5O2. The molecule has 30 heavy (non-hydrogen) atoms. The molecule has 2 aromatic rings. The Morgan fingerprint density at radius 3 is 2.47 bits per heavy atom. The molecule has 1 amide bonds. The minimum Gasteiger partial charge on any atom is -0.374 e. The lowest BCUT2D eigenvalue weighted by molar-refractivity contribution is -0.271. The number of anilines is 1. The average Bonchev–Trinajstić information content (AvgIpc) is 2.99. The lowest BCUT2D eigenvalue weighted by Crippen LogP contribution is -2.49. The molecule has 7 nitrogen and oxygen atoms in total. The van der Waals surface area contributed by atoms with Gasteiger partial charge in [-0.05, 0) is 30.7 Å². The van der Waals surface area contributed by atoms with Crippen molar-refractivity contribution in [2.45, 2.75) is 24.6 Å². The van der Waals surface area contributed by atoms with E-state index in [2.05, 4.69) is 4.98 Å². The Hall–Kier alpha value is -3.06. The summed E-state index contributed by atoms with van der Waals surface area (Å²) >= 11 is 0. The van der Waals surface area contributed by atoms with E-state index in [-0.39, 0.29) is 6.54 Å².